The van der Waals surface area contributed by atoms with Crippen LogP contribution in [0.1, 0.15) is 6.92 Å². The van der Waals surface area contributed by atoms with Crippen molar-refractivity contribution < 1.29 is 4.42 Å². The summed E-state index contributed by atoms with van der Waals surface area (Å²) in [5.41, 5.74) is 0.634. The van der Waals surface area contributed by atoms with Crippen LogP contribution in [0.4, 0.5) is 0 Å². The van der Waals surface area contributed by atoms with Crippen molar-refractivity contribution in [2.45, 2.75) is 12.1 Å². The number of thioether (sulfide) groups is 1. The molecule has 0 amide bonds. The molecule has 2 aromatic rings. The largest absolute Gasteiger partial charge is 0.410 e. The maximum Gasteiger partial charge on any atom is 0.276 e. The highest BCUT2D eigenvalue weighted by Gasteiger charge is 2.08. The third kappa shape index (κ3) is 2.49. The fourth-order valence-electron chi connectivity index (χ4n) is 0.997. The minimum atomic E-state index is 0.419. The van der Waals surface area contributed by atoms with Crippen molar-refractivity contribution in [2.75, 3.05) is 5.75 Å². The Kier molecular flexibility index (Phi) is 3.23. The molecule has 0 aliphatic heterocycles. The van der Waals surface area contributed by atoms with Crippen molar-refractivity contribution >= 4 is 23.4 Å². The van der Waals surface area contributed by atoms with E-state index in [2.05, 4.69) is 15.2 Å². The fraction of sp³-hybridized carbons (Fsp3) is 0.222. The molecule has 6 heteroatoms. The molecule has 0 spiro atoms. The molecule has 0 aliphatic rings. The van der Waals surface area contributed by atoms with Crippen LogP contribution in [-0.4, -0.2) is 20.9 Å². The van der Waals surface area contributed by atoms with Crippen LogP contribution in [0.15, 0.2) is 28.0 Å². The standard InChI is InChI=1S/C9H8ClN3OS/c1-2-15-9-13-12-8(14-9)7-4-3-6(10)5-11-7/h3-5H,2H2,1H3. The van der Waals surface area contributed by atoms with Crippen LogP contribution in [0.25, 0.3) is 11.6 Å². The molecule has 0 bridgehead atoms. The van der Waals surface area contributed by atoms with Crippen LogP contribution < -0.4 is 0 Å². The lowest BCUT2D eigenvalue weighted by molar-refractivity contribution is 0.464. The molecule has 0 radical (unpaired) electrons. The highest BCUT2D eigenvalue weighted by atomic mass is 35.5. The number of nitrogens with zero attached hydrogens (tertiary/aromatic N) is 3. The van der Waals surface area contributed by atoms with Gasteiger partial charge in [0.15, 0.2) is 0 Å². The van der Waals surface area contributed by atoms with E-state index in [1.54, 1.807) is 18.3 Å². The van der Waals surface area contributed by atoms with Crippen molar-refractivity contribution in [1.29, 1.82) is 0 Å². The molecule has 0 unspecified atom stereocenters. The van der Waals surface area contributed by atoms with Crippen LogP contribution in [0.2, 0.25) is 5.02 Å². The fourth-order valence-corrected chi connectivity index (χ4v) is 1.59. The van der Waals surface area contributed by atoms with E-state index in [4.69, 9.17) is 16.0 Å². The van der Waals surface area contributed by atoms with Gasteiger partial charge in [-0.3, -0.25) is 0 Å². The first-order chi connectivity index (χ1) is 7.29. The van der Waals surface area contributed by atoms with E-state index in [1.165, 1.54) is 11.8 Å². The predicted octanol–water partition coefficient (Wildman–Crippen LogP) is 2.90. The number of rotatable bonds is 3. The summed E-state index contributed by atoms with van der Waals surface area (Å²) in [6.07, 6.45) is 1.55. The molecule has 0 saturated carbocycles. The number of hydrogen-bond acceptors (Lipinski definition) is 5. The van der Waals surface area contributed by atoms with Crippen LogP contribution in [0.5, 0.6) is 0 Å². The summed E-state index contributed by atoms with van der Waals surface area (Å²) in [5, 5.41) is 8.91. The van der Waals surface area contributed by atoms with Gasteiger partial charge in [0.05, 0.1) is 5.02 Å². The SMILES string of the molecule is CCSc1nnc(-c2ccc(Cl)cn2)o1. The molecule has 0 aliphatic carbocycles. The van der Waals surface area contributed by atoms with Crippen LogP contribution in [-0.2, 0) is 0 Å². The number of halogens is 1. The van der Waals surface area contributed by atoms with Gasteiger partial charge in [0, 0.05) is 6.20 Å². The average Bonchev–Trinajstić information content (AvgIpc) is 2.68. The Morgan fingerprint density at radius 3 is 2.93 bits per heavy atom. The van der Waals surface area contributed by atoms with Gasteiger partial charge in [0.1, 0.15) is 5.69 Å². The molecule has 0 N–H and O–H groups in total. The van der Waals surface area contributed by atoms with E-state index in [0.717, 1.165) is 5.75 Å². The summed E-state index contributed by atoms with van der Waals surface area (Å²) in [7, 11) is 0. The molecule has 0 atom stereocenters. The lowest BCUT2D eigenvalue weighted by Crippen LogP contribution is -1.81. The Hall–Kier alpha value is -1.07. The van der Waals surface area contributed by atoms with E-state index in [1.807, 2.05) is 6.92 Å². The zero-order valence-corrected chi connectivity index (χ0v) is 9.55. The topological polar surface area (TPSA) is 51.8 Å². The normalized spacial score (nSPS) is 10.5. The van der Waals surface area contributed by atoms with Gasteiger partial charge in [-0.15, -0.1) is 10.2 Å². The third-order valence-electron chi connectivity index (χ3n) is 1.62. The Morgan fingerprint density at radius 2 is 2.27 bits per heavy atom. The van der Waals surface area contributed by atoms with Crippen LogP contribution in [0.3, 0.4) is 0 Å². The van der Waals surface area contributed by atoms with E-state index >= 15 is 0 Å². The first-order valence-electron chi connectivity index (χ1n) is 4.38. The second-order valence-electron chi connectivity index (χ2n) is 2.67. The van der Waals surface area contributed by atoms with E-state index in [0.29, 0.717) is 21.8 Å². The van der Waals surface area contributed by atoms with E-state index < -0.39 is 0 Å². The lowest BCUT2D eigenvalue weighted by Gasteiger charge is -1.92. The number of aromatic nitrogens is 3. The Balaban J connectivity index is 2.25. The van der Waals surface area contributed by atoms with Gasteiger partial charge in [-0.05, 0) is 17.9 Å². The molecule has 15 heavy (non-hydrogen) atoms. The molecule has 0 aromatic carbocycles. The minimum absolute atomic E-state index is 0.419. The van der Waals surface area contributed by atoms with Gasteiger partial charge in [0.2, 0.25) is 0 Å². The molecule has 0 saturated heterocycles. The van der Waals surface area contributed by atoms with Crippen molar-refractivity contribution in [2.24, 2.45) is 0 Å². The molecule has 2 aromatic heterocycles. The first-order valence-corrected chi connectivity index (χ1v) is 5.74. The Bertz CT molecular complexity index is 443. The summed E-state index contributed by atoms with van der Waals surface area (Å²) in [6, 6.07) is 3.48. The Morgan fingerprint density at radius 1 is 1.40 bits per heavy atom. The van der Waals surface area contributed by atoms with Crippen molar-refractivity contribution in [1.82, 2.24) is 15.2 Å². The predicted molar refractivity (Wildman–Crippen MR) is 58.9 cm³/mol. The minimum Gasteiger partial charge on any atom is -0.410 e. The van der Waals surface area contributed by atoms with E-state index in [-0.39, 0.29) is 0 Å². The Labute approximate surface area is 96.1 Å². The molecular weight excluding hydrogens is 234 g/mol. The van der Waals surface area contributed by atoms with Crippen LogP contribution >= 0.6 is 23.4 Å². The molecule has 4 nitrogen and oxygen atoms in total. The van der Waals surface area contributed by atoms with Crippen molar-refractivity contribution in [3.05, 3.63) is 23.4 Å². The zero-order chi connectivity index (χ0) is 10.7. The average molecular weight is 242 g/mol. The van der Waals surface area contributed by atoms with Gasteiger partial charge in [-0.25, -0.2) is 4.98 Å². The van der Waals surface area contributed by atoms with Gasteiger partial charge >= 0.3 is 0 Å². The maximum atomic E-state index is 5.72. The first kappa shape index (κ1) is 10.4. The zero-order valence-electron chi connectivity index (χ0n) is 7.98. The summed E-state index contributed by atoms with van der Waals surface area (Å²) in [4.78, 5) is 4.08. The summed E-state index contributed by atoms with van der Waals surface area (Å²) in [5.74, 6) is 1.32. The lowest BCUT2D eigenvalue weighted by atomic mass is 10.3. The summed E-state index contributed by atoms with van der Waals surface area (Å²) in [6.45, 7) is 2.02. The summed E-state index contributed by atoms with van der Waals surface area (Å²) >= 11 is 7.22. The van der Waals surface area contributed by atoms with Gasteiger partial charge < -0.3 is 4.42 Å². The summed E-state index contributed by atoms with van der Waals surface area (Å²) < 4.78 is 5.39. The van der Waals surface area contributed by atoms with Crippen LogP contribution in [0, 0.1) is 0 Å². The molecule has 0 fully saturated rings. The highest BCUT2D eigenvalue weighted by molar-refractivity contribution is 7.99. The van der Waals surface area contributed by atoms with Gasteiger partial charge in [0.25, 0.3) is 11.1 Å². The quantitative estimate of drug-likeness (QED) is 0.774. The third-order valence-corrected chi connectivity index (χ3v) is 2.54. The number of hydrogen-bond donors (Lipinski definition) is 0. The van der Waals surface area contributed by atoms with Gasteiger partial charge in [-0.2, -0.15) is 0 Å². The smallest absolute Gasteiger partial charge is 0.276 e. The second kappa shape index (κ2) is 4.63. The number of pyridine rings is 1. The maximum absolute atomic E-state index is 5.72. The van der Waals surface area contributed by atoms with Crippen molar-refractivity contribution in [3.8, 4) is 11.6 Å². The second-order valence-corrected chi connectivity index (χ2v) is 4.32. The highest BCUT2D eigenvalue weighted by Crippen LogP contribution is 2.21. The molecule has 2 heterocycles. The molecule has 78 valence electrons. The molecule has 2 rings (SSSR count). The van der Waals surface area contributed by atoms with Gasteiger partial charge in [-0.1, -0.05) is 30.3 Å². The van der Waals surface area contributed by atoms with Crippen molar-refractivity contribution in [3.63, 3.8) is 0 Å². The molecular formula is C9H8ClN3OS. The monoisotopic (exact) mass is 241 g/mol. The van der Waals surface area contributed by atoms with E-state index in [9.17, 15) is 0 Å².